The van der Waals surface area contributed by atoms with Gasteiger partial charge in [0.1, 0.15) is 12.1 Å². The van der Waals surface area contributed by atoms with Gasteiger partial charge in [0.15, 0.2) is 0 Å². The number of hydroxylamine groups is 1. The average Bonchev–Trinajstić information content (AvgIpc) is 2.46. The molecular formula is C16H31N3O5. The molecule has 0 heterocycles. The molecule has 3 amide bonds. The van der Waals surface area contributed by atoms with Gasteiger partial charge in [-0.3, -0.25) is 19.6 Å². The van der Waals surface area contributed by atoms with Gasteiger partial charge in [0.2, 0.25) is 11.8 Å². The molecule has 0 bridgehead atoms. The Morgan fingerprint density at radius 1 is 1.08 bits per heavy atom. The highest BCUT2D eigenvalue weighted by Gasteiger charge is 2.38. The molecule has 0 saturated heterocycles. The van der Waals surface area contributed by atoms with Crippen LogP contribution < -0.4 is 10.8 Å². The quantitative estimate of drug-likeness (QED) is 0.386. The topological polar surface area (TPSA) is 119 Å². The molecule has 140 valence electrons. The number of hydrogen-bond acceptors (Lipinski definition) is 5. The predicted molar refractivity (Wildman–Crippen MR) is 89.0 cm³/mol. The summed E-state index contributed by atoms with van der Waals surface area (Å²) < 4.78 is 0. The molecule has 0 aliphatic carbocycles. The number of nitrogens with zero attached hydrogens (tertiary/aromatic N) is 1. The summed E-state index contributed by atoms with van der Waals surface area (Å²) in [4.78, 5) is 37.9. The van der Waals surface area contributed by atoms with Crippen molar-refractivity contribution >= 4 is 17.7 Å². The summed E-state index contributed by atoms with van der Waals surface area (Å²) in [5.74, 6) is -2.98. The van der Waals surface area contributed by atoms with E-state index in [9.17, 15) is 19.5 Å². The van der Waals surface area contributed by atoms with Crippen LogP contribution in [0.1, 0.15) is 41.0 Å². The van der Waals surface area contributed by atoms with E-state index in [1.807, 2.05) is 34.6 Å². The normalized spacial score (nSPS) is 15.4. The molecular weight excluding hydrogens is 314 g/mol. The highest BCUT2D eigenvalue weighted by Crippen LogP contribution is 2.23. The summed E-state index contributed by atoms with van der Waals surface area (Å²) in [6, 6.07) is -0.806. The van der Waals surface area contributed by atoms with Crippen molar-refractivity contribution < 1.29 is 24.7 Å². The fraction of sp³-hybridized carbons (Fsp3) is 0.812. The second-order valence-electron chi connectivity index (χ2n) is 7.70. The average molecular weight is 345 g/mol. The first kappa shape index (κ1) is 22.3. The van der Waals surface area contributed by atoms with Crippen LogP contribution in [-0.2, 0) is 14.4 Å². The molecule has 24 heavy (non-hydrogen) atoms. The van der Waals surface area contributed by atoms with Crippen molar-refractivity contribution in [1.82, 2.24) is 15.7 Å². The molecule has 3 atom stereocenters. The molecule has 0 fully saturated rings. The Balaban J connectivity index is 5.46. The van der Waals surface area contributed by atoms with Crippen molar-refractivity contribution in [3.05, 3.63) is 0 Å². The Morgan fingerprint density at radius 2 is 1.58 bits per heavy atom. The maximum absolute atomic E-state index is 12.6. The van der Waals surface area contributed by atoms with Crippen molar-refractivity contribution in [2.45, 2.75) is 53.2 Å². The number of amides is 3. The maximum atomic E-state index is 12.6. The van der Waals surface area contributed by atoms with Gasteiger partial charge in [-0.2, -0.15) is 0 Å². The van der Waals surface area contributed by atoms with Crippen LogP contribution >= 0.6 is 0 Å². The monoisotopic (exact) mass is 345 g/mol. The number of aliphatic hydroxyl groups excluding tert-OH is 1. The molecule has 2 unspecified atom stereocenters. The number of carbonyl (C=O) groups is 3. The molecule has 0 aromatic heterocycles. The van der Waals surface area contributed by atoms with Crippen LogP contribution in [-0.4, -0.2) is 59.2 Å². The van der Waals surface area contributed by atoms with E-state index >= 15 is 0 Å². The zero-order chi connectivity index (χ0) is 19.2. The van der Waals surface area contributed by atoms with Gasteiger partial charge in [-0.05, 0) is 17.8 Å². The van der Waals surface area contributed by atoms with Crippen LogP contribution in [0.4, 0.5) is 0 Å². The number of hydrogen-bond donors (Lipinski definition) is 4. The van der Waals surface area contributed by atoms with E-state index in [1.54, 1.807) is 14.1 Å². The Hall–Kier alpha value is -1.67. The fourth-order valence-electron chi connectivity index (χ4n) is 2.29. The van der Waals surface area contributed by atoms with E-state index < -0.39 is 35.3 Å². The van der Waals surface area contributed by atoms with E-state index in [0.717, 1.165) is 0 Å². The first-order chi connectivity index (χ1) is 10.8. The molecule has 0 saturated carbocycles. The molecule has 0 aromatic carbocycles. The Bertz CT molecular complexity index is 457. The van der Waals surface area contributed by atoms with Gasteiger partial charge in [0, 0.05) is 14.1 Å². The summed E-state index contributed by atoms with van der Waals surface area (Å²) in [6.07, 6.45) is -1.47. The molecule has 4 N–H and O–H groups in total. The van der Waals surface area contributed by atoms with E-state index in [2.05, 4.69) is 5.32 Å². The predicted octanol–water partition coefficient (Wildman–Crippen LogP) is 0.134. The van der Waals surface area contributed by atoms with Crippen molar-refractivity contribution in [2.24, 2.45) is 17.3 Å². The number of rotatable bonds is 7. The maximum Gasteiger partial charge on any atom is 0.272 e. The summed E-state index contributed by atoms with van der Waals surface area (Å²) in [7, 11) is 3.18. The van der Waals surface area contributed by atoms with Gasteiger partial charge >= 0.3 is 0 Å². The van der Waals surface area contributed by atoms with Gasteiger partial charge in [-0.25, -0.2) is 5.48 Å². The van der Waals surface area contributed by atoms with Gasteiger partial charge in [0.25, 0.3) is 5.91 Å². The first-order valence-electron chi connectivity index (χ1n) is 7.96. The highest BCUT2D eigenvalue weighted by molar-refractivity contribution is 5.92. The lowest BCUT2D eigenvalue weighted by atomic mass is 9.84. The fourth-order valence-corrected chi connectivity index (χ4v) is 2.29. The standard InChI is InChI=1S/C16H31N3O5/c1-9(2)8-10(11(20)14(22)18-24)13(21)17-12(16(3,4)5)15(23)19(6)7/h9-12,20,24H,8H2,1-7H3,(H,17,21)(H,18,22)/t10-,11?,12?/m1/s1. The summed E-state index contributed by atoms with van der Waals surface area (Å²) in [6.45, 7) is 9.13. The molecule has 0 aliphatic heterocycles. The summed E-state index contributed by atoms with van der Waals surface area (Å²) in [5.41, 5.74) is 0.802. The van der Waals surface area contributed by atoms with Crippen molar-refractivity contribution in [3.8, 4) is 0 Å². The van der Waals surface area contributed by atoms with E-state index in [4.69, 9.17) is 5.21 Å². The van der Waals surface area contributed by atoms with Crippen molar-refractivity contribution in [1.29, 1.82) is 0 Å². The van der Waals surface area contributed by atoms with Crippen LogP contribution in [0.2, 0.25) is 0 Å². The Kier molecular flexibility index (Phi) is 8.36. The molecule has 0 aromatic rings. The highest BCUT2D eigenvalue weighted by atomic mass is 16.5. The van der Waals surface area contributed by atoms with Crippen molar-refractivity contribution in [2.75, 3.05) is 14.1 Å². The molecule has 0 radical (unpaired) electrons. The van der Waals surface area contributed by atoms with Crippen LogP contribution in [0.15, 0.2) is 0 Å². The molecule has 0 spiro atoms. The van der Waals surface area contributed by atoms with E-state index in [0.29, 0.717) is 0 Å². The summed E-state index contributed by atoms with van der Waals surface area (Å²) >= 11 is 0. The molecule has 0 aliphatic rings. The molecule has 8 nitrogen and oxygen atoms in total. The SMILES string of the molecule is CC(C)C[C@@H](C(=O)NC(C(=O)N(C)C)C(C)(C)C)C(O)C(=O)NO. The van der Waals surface area contributed by atoms with E-state index in [-0.39, 0.29) is 18.2 Å². The van der Waals surface area contributed by atoms with Gasteiger partial charge in [0.05, 0.1) is 5.92 Å². The zero-order valence-electron chi connectivity index (χ0n) is 15.6. The smallest absolute Gasteiger partial charge is 0.272 e. The third kappa shape index (κ3) is 6.45. The number of likely N-dealkylation sites (N-methyl/N-ethyl adjacent to an activating group) is 1. The lowest BCUT2D eigenvalue weighted by Crippen LogP contribution is -2.56. The molecule has 8 heteroatoms. The number of aliphatic hydroxyl groups is 1. The minimum atomic E-state index is -1.70. The van der Waals surface area contributed by atoms with Gasteiger partial charge in [-0.15, -0.1) is 0 Å². The Morgan fingerprint density at radius 3 is 1.92 bits per heavy atom. The molecule has 0 rings (SSSR count). The second-order valence-corrected chi connectivity index (χ2v) is 7.70. The van der Waals surface area contributed by atoms with Gasteiger partial charge in [-0.1, -0.05) is 34.6 Å². The van der Waals surface area contributed by atoms with Crippen LogP contribution in [0.3, 0.4) is 0 Å². The number of nitrogens with one attached hydrogen (secondary N) is 2. The van der Waals surface area contributed by atoms with Crippen LogP contribution in [0.5, 0.6) is 0 Å². The Labute approximate surface area is 143 Å². The lowest BCUT2D eigenvalue weighted by molar-refractivity contribution is -0.148. The summed E-state index contributed by atoms with van der Waals surface area (Å²) in [5, 5.41) is 21.4. The third-order valence-corrected chi connectivity index (χ3v) is 3.66. The first-order valence-corrected chi connectivity index (χ1v) is 7.96. The van der Waals surface area contributed by atoms with Crippen molar-refractivity contribution in [3.63, 3.8) is 0 Å². The third-order valence-electron chi connectivity index (χ3n) is 3.66. The lowest BCUT2D eigenvalue weighted by Gasteiger charge is -2.34. The zero-order valence-corrected chi connectivity index (χ0v) is 15.6. The van der Waals surface area contributed by atoms with Gasteiger partial charge < -0.3 is 15.3 Å². The largest absolute Gasteiger partial charge is 0.382 e. The van der Waals surface area contributed by atoms with E-state index in [1.165, 1.54) is 10.4 Å². The minimum absolute atomic E-state index is 0.0273. The van der Waals surface area contributed by atoms with Crippen LogP contribution in [0.25, 0.3) is 0 Å². The minimum Gasteiger partial charge on any atom is -0.382 e. The second kappa shape index (κ2) is 8.98. The number of carbonyl (C=O) groups excluding carboxylic acids is 3. The van der Waals surface area contributed by atoms with Crippen LogP contribution in [0, 0.1) is 17.3 Å².